The van der Waals surface area contributed by atoms with Gasteiger partial charge in [0.25, 0.3) is 0 Å². The van der Waals surface area contributed by atoms with Crippen LogP contribution >= 0.6 is 31.9 Å². The Hall–Kier alpha value is -0.800. The first kappa shape index (κ1) is 14.6. The van der Waals surface area contributed by atoms with Crippen LogP contribution in [0.2, 0.25) is 0 Å². The van der Waals surface area contributed by atoms with Crippen LogP contribution in [0.1, 0.15) is 25.5 Å². The molecule has 0 bridgehead atoms. The van der Waals surface area contributed by atoms with E-state index in [0.29, 0.717) is 6.04 Å². The predicted octanol–water partition coefficient (Wildman–Crippen LogP) is 5.80. The van der Waals surface area contributed by atoms with Crippen molar-refractivity contribution in [1.29, 1.82) is 0 Å². The monoisotopic (exact) mass is 381 g/mol. The highest BCUT2D eigenvalue weighted by Gasteiger charge is 2.14. The van der Waals surface area contributed by atoms with Crippen molar-refractivity contribution in [3.8, 4) is 0 Å². The summed E-state index contributed by atoms with van der Waals surface area (Å²) in [7, 11) is 0. The van der Waals surface area contributed by atoms with Crippen LogP contribution in [0.5, 0.6) is 0 Å². The molecule has 0 spiro atoms. The molecule has 100 valence electrons. The molecule has 1 nitrogen and oxygen atoms in total. The minimum atomic E-state index is 0.360. The molecule has 0 heterocycles. The number of nitrogens with zero attached hydrogens (tertiary/aromatic N) is 1. The van der Waals surface area contributed by atoms with Crippen LogP contribution in [0.15, 0.2) is 57.5 Å². The lowest BCUT2D eigenvalue weighted by atomic mass is 10.1. The fourth-order valence-electron chi connectivity index (χ4n) is 2.23. The van der Waals surface area contributed by atoms with Crippen LogP contribution in [-0.2, 0) is 0 Å². The summed E-state index contributed by atoms with van der Waals surface area (Å²) in [5.41, 5.74) is 2.58. The van der Waals surface area contributed by atoms with E-state index in [1.807, 2.05) is 0 Å². The Morgan fingerprint density at radius 3 is 1.84 bits per heavy atom. The molecule has 19 heavy (non-hydrogen) atoms. The zero-order valence-electron chi connectivity index (χ0n) is 11.1. The van der Waals surface area contributed by atoms with E-state index in [2.05, 4.69) is 99.1 Å². The third-order valence-electron chi connectivity index (χ3n) is 3.32. The molecule has 2 aromatic carbocycles. The highest BCUT2D eigenvalue weighted by atomic mass is 79.9. The second-order valence-electron chi connectivity index (χ2n) is 4.49. The Morgan fingerprint density at radius 2 is 1.37 bits per heavy atom. The molecule has 2 aromatic rings. The maximum absolute atomic E-state index is 3.48. The first-order chi connectivity index (χ1) is 9.11. The molecular weight excluding hydrogens is 366 g/mol. The van der Waals surface area contributed by atoms with Crippen molar-refractivity contribution in [2.75, 3.05) is 11.4 Å². The average Bonchev–Trinajstić information content (AvgIpc) is 2.42. The largest absolute Gasteiger partial charge is 0.365 e. The van der Waals surface area contributed by atoms with E-state index in [1.54, 1.807) is 0 Å². The van der Waals surface area contributed by atoms with E-state index in [1.165, 1.54) is 11.3 Å². The lowest BCUT2D eigenvalue weighted by Crippen LogP contribution is -2.26. The van der Waals surface area contributed by atoms with Gasteiger partial charge in [0, 0.05) is 21.2 Å². The lowest BCUT2D eigenvalue weighted by Gasteiger charge is -2.30. The molecule has 0 fully saturated rings. The van der Waals surface area contributed by atoms with Crippen molar-refractivity contribution in [3.05, 3.63) is 63.0 Å². The Kier molecular flexibility index (Phi) is 5.06. The molecule has 0 aliphatic heterocycles. The topological polar surface area (TPSA) is 3.24 Å². The van der Waals surface area contributed by atoms with Gasteiger partial charge in [0.2, 0.25) is 0 Å². The molecule has 1 unspecified atom stereocenters. The lowest BCUT2D eigenvalue weighted by molar-refractivity contribution is 0.690. The zero-order chi connectivity index (χ0) is 13.8. The molecule has 0 amide bonds. The van der Waals surface area contributed by atoms with Gasteiger partial charge < -0.3 is 4.90 Å². The van der Waals surface area contributed by atoms with Gasteiger partial charge in [-0.05, 0) is 55.8 Å². The van der Waals surface area contributed by atoms with Crippen LogP contribution in [0.25, 0.3) is 0 Å². The molecule has 0 aromatic heterocycles. The van der Waals surface area contributed by atoms with Gasteiger partial charge in [-0.25, -0.2) is 0 Å². The first-order valence-corrected chi connectivity index (χ1v) is 7.98. The summed E-state index contributed by atoms with van der Waals surface area (Å²) in [6.07, 6.45) is 0. The summed E-state index contributed by atoms with van der Waals surface area (Å²) in [4.78, 5) is 2.40. The molecule has 0 aliphatic rings. The first-order valence-electron chi connectivity index (χ1n) is 6.39. The van der Waals surface area contributed by atoms with Crippen molar-refractivity contribution >= 4 is 37.5 Å². The third kappa shape index (κ3) is 3.61. The molecule has 0 radical (unpaired) electrons. The van der Waals surface area contributed by atoms with Crippen molar-refractivity contribution in [2.45, 2.75) is 19.9 Å². The van der Waals surface area contributed by atoms with Crippen LogP contribution < -0.4 is 4.90 Å². The van der Waals surface area contributed by atoms with Gasteiger partial charge >= 0.3 is 0 Å². The van der Waals surface area contributed by atoms with Crippen LogP contribution in [-0.4, -0.2) is 6.54 Å². The standard InChI is InChI=1S/C16H17Br2N/c1-3-19(16-10-8-15(18)9-11-16)12(2)13-4-6-14(17)7-5-13/h4-12H,3H2,1-2H3. The maximum Gasteiger partial charge on any atom is 0.0514 e. The second-order valence-corrected chi connectivity index (χ2v) is 6.32. The summed E-state index contributed by atoms with van der Waals surface area (Å²) in [5.74, 6) is 0. The summed E-state index contributed by atoms with van der Waals surface area (Å²) in [6, 6.07) is 17.4. The normalized spacial score (nSPS) is 12.2. The Labute approximate surface area is 131 Å². The van der Waals surface area contributed by atoms with Crippen LogP contribution in [0.3, 0.4) is 0 Å². The Balaban J connectivity index is 2.26. The average molecular weight is 383 g/mol. The Morgan fingerprint density at radius 1 is 0.895 bits per heavy atom. The zero-order valence-corrected chi connectivity index (χ0v) is 14.3. The summed E-state index contributed by atoms with van der Waals surface area (Å²) >= 11 is 6.97. The number of hydrogen-bond donors (Lipinski definition) is 0. The van der Waals surface area contributed by atoms with Gasteiger partial charge in [-0.3, -0.25) is 0 Å². The van der Waals surface area contributed by atoms with Gasteiger partial charge in [-0.2, -0.15) is 0 Å². The van der Waals surface area contributed by atoms with Crippen molar-refractivity contribution in [3.63, 3.8) is 0 Å². The van der Waals surface area contributed by atoms with Crippen molar-refractivity contribution < 1.29 is 0 Å². The molecular formula is C16H17Br2N. The molecule has 0 saturated heterocycles. The summed E-state index contributed by atoms with van der Waals surface area (Å²) < 4.78 is 2.23. The van der Waals surface area contributed by atoms with E-state index in [9.17, 15) is 0 Å². The van der Waals surface area contributed by atoms with Crippen LogP contribution in [0.4, 0.5) is 5.69 Å². The number of halogens is 2. The van der Waals surface area contributed by atoms with Gasteiger partial charge in [-0.1, -0.05) is 44.0 Å². The van der Waals surface area contributed by atoms with Crippen molar-refractivity contribution in [1.82, 2.24) is 0 Å². The number of benzene rings is 2. The molecule has 2 rings (SSSR count). The van der Waals surface area contributed by atoms with Gasteiger partial charge in [0.15, 0.2) is 0 Å². The van der Waals surface area contributed by atoms with E-state index >= 15 is 0 Å². The predicted molar refractivity (Wildman–Crippen MR) is 89.7 cm³/mol. The third-order valence-corrected chi connectivity index (χ3v) is 4.38. The van der Waals surface area contributed by atoms with Gasteiger partial charge in [0.05, 0.1) is 6.04 Å². The second kappa shape index (κ2) is 6.58. The number of anilines is 1. The molecule has 0 saturated carbocycles. The summed E-state index contributed by atoms with van der Waals surface area (Å²) in [5, 5.41) is 0. The SMILES string of the molecule is CCN(c1ccc(Br)cc1)C(C)c1ccc(Br)cc1. The minimum absolute atomic E-state index is 0.360. The van der Waals surface area contributed by atoms with E-state index in [-0.39, 0.29) is 0 Å². The fraction of sp³-hybridized carbons (Fsp3) is 0.250. The van der Waals surface area contributed by atoms with Crippen molar-refractivity contribution in [2.24, 2.45) is 0 Å². The molecule has 0 N–H and O–H groups in total. The Bertz CT molecular complexity index is 519. The number of rotatable bonds is 4. The van der Waals surface area contributed by atoms with Gasteiger partial charge in [-0.15, -0.1) is 0 Å². The summed E-state index contributed by atoms with van der Waals surface area (Å²) in [6.45, 7) is 5.42. The minimum Gasteiger partial charge on any atom is -0.365 e. The molecule has 1 atom stereocenters. The van der Waals surface area contributed by atoms with Crippen LogP contribution in [0, 0.1) is 0 Å². The van der Waals surface area contributed by atoms with E-state index in [4.69, 9.17) is 0 Å². The highest BCUT2D eigenvalue weighted by Crippen LogP contribution is 2.28. The van der Waals surface area contributed by atoms with E-state index < -0.39 is 0 Å². The fourth-order valence-corrected chi connectivity index (χ4v) is 2.76. The highest BCUT2D eigenvalue weighted by molar-refractivity contribution is 9.10. The smallest absolute Gasteiger partial charge is 0.0514 e. The number of hydrogen-bond acceptors (Lipinski definition) is 1. The maximum atomic E-state index is 3.48. The molecule has 0 aliphatic carbocycles. The van der Waals surface area contributed by atoms with Gasteiger partial charge in [0.1, 0.15) is 0 Å². The van der Waals surface area contributed by atoms with E-state index in [0.717, 1.165) is 15.5 Å². The quantitative estimate of drug-likeness (QED) is 0.645. The molecule has 3 heteroatoms.